The largest absolute Gasteiger partial charge is 0.366 e. The Kier molecular flexibility index (Phi) is 3.76. The minimum Gasteiger partial charge on any atom is -0.366 e. The summed E-state index contributed by atoms with van der Waals surface area (Å²) in [5.74, 6) is 0. The summed E-state index contributed by atoms with van der Waals surface area (Å²) in [5.41, 5.74) is 3.09. The molecule has 0 unspecified atom stereocenters. The van der Waals surface area contributed by atoms with Crippen molar-refractivity contribution in [2.45, 2.75) is 64.0 Å². The lowest BCUT2D eigenvalue weighted by Gasteiger charge is -2.46. The van der Waals surface area contributed by atoms with Crippen LogP contribution in [0.3, 0.4) is 0 Å². The average Bonchev–Trinajstić information content (AvgIpc) is 2.46. The minimum absolute atomic E-state index is 0.245. The van der Waals surface area contributed by atoms with E-state index in [-0.39, 0.29) is 5.41 Å². The van der Waals surface area contributed by atoms with Crippen LogP contribution in [0.4, 0.5) is 5.69 Å². The first-order chi connectivity index (χ1) is 9.55. The molecule has 1 N–H and O–H groups in total. The molecule has 1 saturated heterocycles. The molecule has 0 bridgehead atoms. The Labute approximate surface area is 123 Å². The lowest BCUT2D eigenvalue weighted by molar-refractivity contribution is 0.284. The normalized spacial score (nSPS) is 27.2. The molecular weight excluding hydrogens is 244 g/mol. The van der Waals surface area contributed by atoms with Crippen LogP contribution in [0, 0.1) is 0 Å². The Morgan fingerprint density at radius 2 is 1.75 bits per heavy atom. The third-order valence-electron chi connectivity index (χ3n) is 4.95. The van der Waals surface area contributed by atoms with Gasteiger partial charge in [-0.1, -0.05) is 45.7 Å². The summed E-state index contributed by atoms with van der Waals surface area (Å²) < 4.78 is 0. The second-order valence-electron chi connectivity index (χ2n) is 7.40. The molecule has 2 nitrogen and oxygen atoms in total. The Bertz CT molecular complexity index is 441. The lowest BCUT2D eigenvalue weighted by atomic mass is 9.85. The van der Waals surface area contributed by atoms with E-state index >= 15 is 0 Å². The van der Waals surface area contributed by atoms with Gasteiger partial charge in [-0.2, -0.15) is 0 Å². The van der Waals surface area contributed by atoms with Gasteiger partial charge in [0.15, 0.2) is 0 Å². The summed E-state index contributed by atoms with van der Waals surface area (Å²) in [6.45, 7) is 9.12. The number of nitrogens with zero attached hydrogens (tertiary/aromatic N) is 1. The third-order valence-corrected chi connectivity index (χ3v) is 4.95. The Balaban J connectivity index is 1.80. The van der Waals surface area contributed by atoms with E-state index in [1.807, 2.05) is 0 Å². The second-order valence-corrected chi connectivity index (χ2v) is 7.40. The fourth-order valence-corrected chi connectivity index (χ4v) is 3.73. The van der Waals surface area contributed by atoms with Crippen molar-refractivity contribution < 1.29 is 0 Å². The molecule has 1 saturated carbocycles. The van der Waals surface area contributed by atoms with Crippen molar-refractivity contribution in [2.24, 2.45) is 0 Å². The second kappa shape index (κ2) is 5.40. The molecule has 2 aliphatic rings. The molecule has 0 aromatic heterocycles. The van der Waals surface area contributed by atoms with Crippen molar-refractivity contribution in [1.82, 2.24) is 5.32 Å². The number of benzene rings is 1. The first-order valence-electron chi connectivity index (χ1n) is 8.16. The van der Waals surface area contributed by atoms with E-state index in [0.29, 0.717) is 12.1 Å². The van der Waals surface area contributed by atoms with Gasteiger partial charge >= 0.3 is 0 Å². The third kappa shape index (κ3) is 2.71. The highest BCUT2D eigenvalue weighted by atomic mass is 15.2. The number of hydrogen-bond acceptors (Lipinski definition) is 2. The highest BCUT2D eigenvalue weighted by molar-refractivity contribution is 5.50. The van der Waals surface area contributed by atoms with E-state index < -0.39 is 0 Å². The minimum atomic E-state index is 0.245. The molecule has 2 fully saturated rings. The number of hydrogen-bond donors (Lipinski definition) is 1. The fourth-order valence-electron chi connectivity index (χ4n) is 3.73. The zero-order valence-electron chi connectivity index (χ0n) is 13.2. The topological polar surface area (TPSA) is 15.3 Å². The first kappa shape index (κ1) is 13.9. The van der Waals surface area contributed by atoms with Gasteiger partial charge < -0.3 is 10.2 Å². The highest BCUT2D eigenvalue weighted by Crippen LogP contribution is 2.31. The number of piperazine rings is 1. The molecule has 1 aromatic carbocycles. The van der Waals surface area contributed by atoms with Crippen LogP contribution in [-0.2, 0) is 5.41 Å². The molecule has 1 aliphatic carbocycles. The molecule has 1 aromatic rings. The van der Waals surface area contributed by atoms with Gasteiger partial charge in [-0.15, -0.1) is 0 Å². The van der Waals surface area contributed by atoms with Crippen LogP contribution in [0.15, 0.2) is 24.3 Å². The Hall–Kier alpha value is -1.02. The lowest BCUT2D eigenvalue weighted by Crippen LogP contribution is -2.59. The quantitative estimate of drug-likeness (QED) is 0.838. The van der Waals surface area contributed by atoms with E-state index in [1.165, 1.54) is 36.9 Å². The fraction of sp³-hybridized carbons (Fsp3) is 0.667. The molecule has 1 heterocycles. The van der Waals surface area contributed by atoms with Gasteiger partial charge in [0.05, 0.1) is 0 Å². The maximum atomic E-state index is 3.71. The van der Waals surface area contributed by atoms with Crippen molar-refractivity contribution in [2.75, 3.05) is 18.0 Å². The van der Waals surface area contributed by atoms with E-state index in [0.717, 1.165) is 13.1 Å². The Morgan fingerprint density at radius 3 is 2.45 bits per heavy atom. The molecule has 110 valence electrons. The summed E-state index contributed by atoms with van der Waals surface area (Å²) in [4.78, 5) is 2.65. The molecule has 0 radical (unpaired) electrons. The van der Waals surface area contributed by atoms with E-state index in [1.54, 1.807) is 0 Å². The number of fused-ring (bicyclic) bond motifs is 1. The molecule has 20 heavy (non-hydrogen) atoms. The summed E-state index contributed by atoms with van der Waals surface area (Å²) in [6.07, 6.45) is 5.48. The van der Waals surface area contributed by atoms with Crippen LogP contribution in [0.2, 0.25) is 0 Å². The number of rotatable bonds is 1. The van der Waals surface area contributed by atoms with E-state index in [2.05, 4.69) is 55.3 Å². The zero-order chi connectivity index (χ0) is 14.2. The van der Waals surface area contributed by atoms with Crippen molar-refractivity contribution in [3.63, 3.8) is 0 Å². The van der Waals surface area contributed by atoms with Gasteiger partial charge in [0.25, 0.3) is 0 Å². The van der Waals surface area contributed by atoms with Gasteiger partial charge in [-0.3, -0.25) is 0 Å². The van der Waals surface area contributed by atoms with Crippen molar-refractivity contribution >= 4 is 5.69 Å². The van der Waals surface area contributed by atoms with Crippen LogP contribution in [0.5, 0.6) is 0 Å². The predicted molar refractivity (Wildman–Crippen MR) is 86.5 cm³/mol. The standard InChI is InChI=1S/C18H28N2/c1-18(2,3)14-8-10-15(11-9-14)20-13-12-19-16-6-4-5-7-17(16)20/h8-11,16-17,19H,4-7,12-13H2,1-3H3/t16-,17+/m0/s1. The molecule has 0 spiro atoms. The molecule has 0 amide bonds. The smallest absolute Gasteiger partial charge is 0.0443 e. The molecule has 3 rings (SSSR count). The van der Waals surface area contributed by atoms with Crippen molar-refractivity contribution in [3.05, 3.63) is 29.8 Å². The van der Waals surface area contributed by atoms with Gasteiger partial charge in [0.1, 0.15) is 0 Å². The van der Waals surface area contributed by atoms with E-state index in [4.69, 9.17) is 0 Å². The van der Waals surface area contributed by atoms with Gasteiger partial charge in [0.2, 0.25) is 0 Å². The van der Waals surface area contributed by atoms with Crippen molar-refractivity contribution in [1.29, 1.82) is 0 Å². The van der Waals surface area contributed by atoms with Crippen LogP contribution >= 0.6 is 0 Å². The monoisotopic (exact) mass is 272 g/mol. The van der Waals surface area contributed by atoms with Gasteiger partial charge in [0, 0.05) is 30.9 Å². The van der Waals surface area contributed by atoms with Crippen LogP contribution < -0.4 is 10.2 Å². The molecule has 2 atom stereocenters. The SMILES string of the molecule is CC(C)(C)c1ccc(N2CCN[C@H]3CCCC[C@H]32)cc1. The summed E-state index contributed by atoms with van der Waals surface area (Å²) in [7, 11) is 0. The zero-order valence-corrected chi connectivity index (χ0v) is 13.2. The summed E-state index contributed by atoms with van der Waals surface area (Å²) in [6, 6.07) is 10.7. The summed E-state index contributed by atoms with van der Waals surface area (Å²) >= 11 is 0. The molecule has 2 heteroatoms. The van der Waals surface area contributed by atoms with Gasteiger partial charge in [-0.05, 0) is 36.0 Å². The molecular formula is C18H28N2. The maximum Gasteiger partial charge on any atom is 0.0443 e. The number of nitrogens with one attached hydrogen (secondary N) is 1. The first-order valence-corrected chi connectivity index (χ1v) is 8.16. The van der Waals surface area contributed by atoms with Crippen LogP contribution in [0.1, 0.15) is 52.0 Å². The molecule has 1 aliphatic heterocycles. The van der Waals surface area contributed by atoms with Crippen molar-refractivity contribution in [3.8, 4) is 0 Å². The van der Waals surface area contributed by atoms with Gasteiger partial charge in [-0.25, -0.2) is 0 Å². The summed E-state index contributed by atoms with van der Waals surface area (Å²) in [5, 5.41) is 3.71. The maximum absolute atomic E-state index is 3.71. The number of anilines is 1. The average molecular weight is 272 g/mol. The predicted octanol–water partition coefficient (Wildman–Crippen LogP) is 3.70. The Morgan fingerprint density at radius 1 is 1.05 bits per heavy atom. The van der Waals surface area contributed by atoms with E-state index in [9.17, 15) is 0 Å². The van der Waals surface area contributed by atoms with Crippen LogP contribution in [0.25, 0.3) is 0 Å². The van der Waals surface area contributed by atoms with Crippen LogP contribution in [-0.4, -0.2) is 25.2 Å². The highest BCUT2D eigenvalue weighted by Gasteiger charge is 2.33.